The van der Waals surface area contributed by atoms with Crippen LogP contribution in [0, 0.1) is 11.3 Å². The van der Waals surface area contributed by atoms with Crippen molar-refractivity contribution in [3.63, 3.8) is 0 Å². The molecule has 0 spiro atoms. The maximum absolute atomic E-state index is 14.3. The second-order valence-electron chi connectivity index (χ2n) is 10.7. The van der Waals surface area contributed by atoms with Crippen molar-refractivity contribution < 1.29 is 23.7 Å². The van der Waals surface area contributed by atoms with Gasteiger partial charge in [-0.3, -0.25) is 9.36 Å². The zero-order valence-electron chi connectivity index (χ0n) is 26.3. The largest absolute Gasteiger partial charge is 0.493 e. The first-order valence-corrected chi connectivity index (χ1v) is 16.7. The van der Waals surface area contributed by atoms with Gasteiger partial charge in [0.2, 0.25) is 0 Å². The lowest BCUT2D eigenvalue weighted by Gasteiger charge is -2.25. The van der Waals surface area contributed by atoms with Crippen LogP contribution in [0.3, 0.4) is 0 Å². The number of rotatable bonds is 10. The van der Waals surface area contributed by atoms with Crippen molar-refractivity contribution in [3.05, 3.63) is 117 Å². The third-order valence-corrected chi connectivity index (χ3v) is 9.01. The minimum Gasteiger partial charge on any atom is -0.493 e. The summed E-state index contributed by atoms with van der Waals surface area (Å²) in [5.41, 5.74) is 2.69. The minimum absolute atomic E-state index is 0.0915. The first kappa shape index (κ1) is 34.0. The van der Waals surface area contributed by atoms with E-state index in [1.807, 2.05) is 26.0 Å². The highest BCUT2D eigenvalue weighted by Gasteiger charge is 2.34. The molecular weight excluding hydrogens is 706 g/mol. The van der Waals surface area contributed by atoms with Crippen LogP contribution in [0.4, 0.5) is 0 Å². The van der Waals surface area contributed by atoms with Crippen molar-refractivity contribution >= 4 is 50.9 Å². The van der Waals surface area contributed by atoms with Gasteiger partial charge >= 0.3 is 5.97 Å². The number of carbonyl (C=O) groups is 1. The van der Waals surface area contributed by atoms with Gasteiger partial charge in [0.1, 0.15) is 12.4 Å². The predicted molar refractivity (Wildman–Crippen MR) is 184 cm³/mol. The molecule has 12 heteroatoms. The van der Waals surface area contributed by atoms with Crippen molar-refractivity contribution in [2.24, 2.45) is 4.99 Å². The highest BCUT2D eigenvalue weighted by atomic mass is 79.9. The normalized spacial score (nSPS) is 14.4. The molecule has 2 heterocycles. The smallest absolute Gasteiger partial charge is 0.338 e. The zero-order chi connectivity index (χ0) is 33.8. The molecule has 47 heavy (non-hydrogen) atoms. The molecule has 9 nitrogen and oxygen atoms in total. The number of esters is 1. The lowest BCUT2D eigenvalue weighted by molar-refractivity contribution is -0.139. The first-order chi connectivity index (χ1) is 22.6. The van der Waals surface area contributed by atoms with Crippen LogP contribution in [-0.2, 0) is 16.1 Å². The monoisotopic (exact) mass is 735 g/mol. The lowest BCUT2D eigenvalue weighted by Crippen LogP contribution is -2.40. The zero-order valence-corrected chi connectivity index (χ0v) is 29.5. The molecule has 242 valence electrons. The standard InChI is InChI=1S/C35H31BrClN3O6S/c1-6-44-34(42)30-20(4)39-35-40(31(30)21-11-12-27(46-19(2)3)28(14-21)43-5)33(41)29(47-35)15-24-13-25(37)16-26(36)32(24)45-18-23-10-8-7-9-22(23)17-38/h7-16,19,31H,6,18H2,1-5H3/b29-15+/t31-/m1/s1. The number of benzene rings is 3. The second-order valence-corrected chi connectivity index (χ2v) is 13.0. The lowest BCUT2D eigenvalue weighted by atomic mass is 9.95. The molecule has 1 aliphatic rings. The summed E-state index contributed by atoms with van der Waals surface area (Å²) < 4.78 is 25.6. The molecule has 1 aliphatic heterocycles. The molecular formula is C35H31BrClN3O6S. The van der Waals surface area contributed by atoms with Gasteiger partial charge in [0, 0.05) is 16.1 Å². The summed E-state index contributed by atoms with van der Waals surface area (Å²) in [4.78, 5) is 32.7. The molecule has 0 bridgehead atoms. The molecule has 0 amide bonds. The Morgan fingerprint density at radius 1 is 1.19 bits per heavy atom. The van der Waals surface area contributed by atoms with Gasteiger partial charge in [0.05, 0.1) is 57.8 Å². The molecule has 3 aromatic carbocycles. The number of thiazole rings is 1. The van der Waals surface area contributed by atoms with Crippen LogP contribution in [0.2, 0.25) is 5.02 Å². The number of fused-ring (bicyclic) bond motifs is 1. The van der Waals surface area contributed by atoms with E-state index in [1.54, 1.807) is 62.4 Å². The van der Waals surface area contributed by atoms with Gasteiger partial charge < -0.3 is 18.9 Å². The number of carbonyl (C=O) groups excluding carboxylic acids is 1. The quantitative estimate of drug-likeness (QED) is 0.172. The number of hydrogen-bond donors (Lipinski definition) is 0. The molecule has 1 aromatic heterocycles. The highest BCUT2D eigenvalue weighted by Crippen LogP contribution is 2.37. The average molecular weight is 737 g/mol. The van der Waals surface area contributed by atoms with Crippen LogP contribution in [-0.4, -0.2) is 30.4 Å². The Balaban J connectivity index is 1.66. The van der Waals surface area contributed by atoms with E-state index >= 15 is 0 Å². The van der Waals surface area contributed by atoms with Crippen LogP contribution < -0.4 is 29.1 Å². The van der Waals surface area contributed by atoms with E-state index in [0.29, 0.717) is 64.0 Å². The van der Waals surface area contributed by atoms with Crippen molar-refractivity contribution in [2.45, 2.75) is 46.4 Å². The summed E-state index contributed by atoms with van der Waals surface area (Å²) in [6.45, 7) is 7.55. The molecule has 1 atom stereocenters. The van der Waals surface area contributed by atoms with Gasteiger partial charge in [-0.15, -0.1) is 0 Å². The summed E-state index contributed by atoms with van der Waals surface area (Å²) >= 11 is 11.2. The molecule has 0 unspecified atom stereocenters. The van der Waals surface area contributed by atoms with Crippen molar-refractivity contribution in [1.82, 2.24) is 4.57 Å². The van der Waals surface area contributed by atoms with Gasteiger partial charge in [-0.25, -0.2) is 9.79 Å². The van der Waals surface area contributed by atoms with Gasteiger partial charge in [-0.1, -0.05) is 47.2 Å². The van der Waals surface area contributed by atoms with Crippen molar-refractivity contribution in [2.75, 3.05) is 13.7 Å². The Labute approximate surface area is 289 Å². The molecule has 4 aromatic rings. The average Bonchev–Trinajstić information content (AvgIpc) is 3.33. The third kappa shape index (κ3) is 7.15. The molecule has 0 N–H and O–H groups in total. The Morgan fingerprint density at radius 3 is 2.66 bits per heavy atom. The fourth-order valence-electron chi connectivity index (χ4n) is 5.20. The van der Waals surface area contributed by atoms with Gasteiger partial charge in [0.15, 0.2) is 16.3 Å². The Hall–Kier alpha value is -4.37. The highest BCUT2D eigenvalue weighted by molar-refractivity contribution is 9.10. The molecule has 0 saturated carbocycles. The topological polar surface area (TPSA) is 112 Å². The van der Waals surface area contributed by atoms with Crippen LogP contribution in [0.25, 0.3) is 6.08 Å². The van der Waals surface area contributed by atoms with E-state index in [9.17, 15) is 14.9 Å². The van der Waals surface area contributed by atoms with Crippen molar-refractivity contribution in [1.29, 1.82) is 5.26 Å². The number of methoxy groups -OCH3 is 1. The van der Waals surface area contributed by atoms with E-state index in [2.05, 4.69) is 27.0 Å². The van der Waals surface area contributed by atoms with E-state index < -0.39 is 12.0 Å². The van der Waals surface area contributed by atoms with Gasteiger partial charge in [-0.2, -0.15) is 5.26 Å². The van der Waals surface area contributed by atoms with Gasteiger partial charge in [-0.05, 0) is 85.6 Å². The molecule has 0 saturated heterocycles. The number of ether oxygens (including phenoxy) is 4. The van der Waals surface area contributed by atoms with E-state index in [0.717, 1.165) is 0 Å². The maximum Gasteiger partial charge on any atom is 0.338 e. The fraction of sp³-hybridized carbons (Fsp3) is 0.257. The van der Waals surface area contributed by atoms with Gasteiger partial charge in [0.25, 0.3) is 5.56 Å². The Morgan fingerprint density at radius 2 is 1.96 bits per heavy atom. The fourth-order valence-corrected chi connectivity index (χ4v) is 7.18. The summed E-state index contributed by atoms with van der Waals surface area (Å²) in [7, 11) is 1.53. The molecule has 0 radical (unpaired) electrons. The number of nitriles is 1. The molecule has 5 rings (SSSR count). The number of aromatic nitrogens is 1. The van der Waals surface area contributed by atoms with Crippen LogP contribution >= 0.6 is 38.9 Å². The van der Waals surface area contributed by atoms with E-state index in [-0.39, 0.29) is 30.5 Å². The molecule has 0 fully saturated rings. The number of nitrogens with zero attached hydrogens (tertiary/aromatic N) is 3. The number of halogens is 2. The Bertz CT molecular complexity index is 2110. The van der Waals surface area contributed by atoms with E-state index in [1.165, 1.54) is 23.0 Å². The summed E-state index contributed by atoms with van der Waals surface area (Å²) in [5.74, 6) is 0.869. The maximum atomic E-state index is 14.3. The van der Waals surface area contributed by atoms with Crippen molar-refractivity contribution in [3.8, 4) is 23.3 Å². The Kier molecular flexibility index (Phi) is 10.5. The SMILES string of the molecule is CCOC(=O)C1=C(C)N=c2s/c(=C/c3cc(Cl)cc(Br)c3OCc3ccccc3C#N)c(=O)n2[C@@H]1c1ccc(OC(C)C)c(OC)c1. The minimum atomic E-state index is -0.848. The first-order valence-electron chi connectivity index (χ1n) is 14.7. The third-order valence-electron chi connectivity index (χ3n) is 7.22. The second kappa shape index (κ2) is 14.6. The van der Waals surface area contributed by atoms with Crippen LogP contribution in [0.15, 0.2) is 80.1 Å². The predicted octanol–water partition coefficient (Wildman–Crippen LogP) is 6.46. The van der Waals surface area contributed by atoms with Crippen LogP contribution in [0.5, 0.6) is 17.2 Å². The van der Waals surface area contributed by atoms with E-state index in [4.69, 9.17) is 30.5 Å². The van der Waals surface area contributed by atoms with Crippen LogP contribution in [0.1, 0.15) is 56.0 Å². The number of hydrogen-bond acceptors (Lipinski definition) is 9. The summed E-state index contributed by atoms with van der Waals surface area (Å²) in [6.07, 6.45) is 1.60. The summed E-state index contributed by atoms with van der Waals surface area (Å²) in [6, 6.07) is 17.2. The summed E-state index contributed by atoms with van der Waals surface area (Å²) in [5, 5.41) is 9.95. The number of allylic oxidation sites excluding steroid dienone is 1. The molecule has 0 aliphatic carbocycles.